The van der Waals surface area contributed by atoms with Crippen molar-refractivity contribution in [3.05, 3.63) is 62.9 Å². The van der Waals surface area contributed by atoms with E-state index in [1.807, 2.05) is 6.07 Å². The van der Waals surface area contributed by atoms with Gasteiger partial charge in [0.1, 0.15) is 0 Å². The number of amides is 1. The maximum atomic E-state index is 13.2. The molecule has 1 amide bonds. The molecular formula is C14H11BrFN3O3. The van der Waals surface area contributed by atoms with Crippen molar-refractivity contribution in [2.75, 3.05) is 17.2 Å². The van der Waals surface area contributed by atoms with Gasteiger partial charge in [0.25, 0.3) is 0 Å². The highest BCUT2D eigenvalue weighted by Crippen LogP contribution is 2.22. The Morgan fingerprint density at radius 2 is 2.00 bits per heavy atom. The molecule has 8 heteroatoms. The van der Waals surface area contributed by atoms with Crippen LogP contribution < -0.4 is 10.6 Å². The number of carbonyl (C=O) groups excluding carboxylic acids is 1. The van der Waals surface area contributed by atoms with Gasteiger partial charge in [-0.25, -0.2) is 0 Å². The Balaban J connectivity index is 1.98. The summed E-state index contributed by atoms with van der Waals surface area (Å²) in [6.45, 7) is -0.107. The van der Waals surface area contributed by atoms with E-state index in [-0.39, 0.29) is 18.1 Å². The van der Waals surface area contributed by atoms with Crippen LogP contribution in [0.2, 0.25) is 0 Å². The van der Waals surface area contributed by atoms with Gasteiger partial charge in [-0.05, 0) is 40.2 Å². The molecule has 0 fully saturated rings. The first-order valence-corrected chi connectivity index (χ1v) is 6.99. The molecule has 2 aromatic rings. The SMILES string of the molecule is O=C(CNc1ccc(F)c([N+](=O)[O-])c1)Nc1ccccc1Br. The number of para-hydroxylation sites is 1. The van der Waals surface area contributed by atoms with Gasteiger partial charge in [-0.15, -0.1) is 0 Å². The van der Waals surface area contributed by atoms with Crippen molar-refractivity contribution in [1.29, 1.82) is 0 Å². The number of nitrogens with zero attached hydrogens (tertiary/aromatic N) is 1. The smallest absolute Gasteiger partial charge is 0.306 e. The molecule has 0 saturated carbocycles. The van der Waals surface area contributed by atoms with Crippen molar-refractivity contribution in [3.8, 4) is 0 Å². The van der Waals surface area contributed by atoms with Crippen molar-refractivity contribution in [3.63, 3.8) is 0 Å². The molecule has 0 aliphatic rings. The van der Waals surface area contributed by atoms with Crippen molar-refractivity contribution in [2.45, 2.75) is 0 Å². The largest absolute Gasteiger partial charge is 0.376 e. The van der Waals surface area contributed by atoms with Crippen LogP contribution in [0.1, 0.15) is 0 Å². The summed E-state index contributed by atoms with van der Waals surface area (Å²) >= 11 is 3.30. The zero-order valence-corrected chi connectivity index (χ0v) is 12.8. The van der Waals surface area contributed by atoms with E-state index in [0.29, 0.717) is 5.69 Å². The number of nitro groups is 1. The van der Waals surface area contributed by atoms with Crippen LogP contribution in [0.25, 0.3) is 0 Å². The zero-order chi connectivity index (χ0) is 16.1. The van der Waals surface area contributed by atoms with Crippen LogP contribution in [0, 0.1) is 15.9 Å². The average Bonchev–Trinajstić information content (AvgIpc) is 2.48. The van der Waals surface area contributed by atoms with E-state index in [2.05, 4.69) is 26.6 Å². The van der Waals surface area contributed by atoms with Gasteiger partial charge in [0.05, 0.1) is 17.2 Å². The van der Waals surface area contributed by atoms with E-state index in [4.69, 9.17) is 0 Å². The number of rotatable bonds is 5. The number of nitro benzene ring substituents is 1. The lowest BCUT2D eigenvalue weighted by Gasteiger charge is -2.09. The lowest BCUT2D eigenvalue weighted by Crippen LogP contribution is -2.22. The fraction of sp³-hybridized carbons (Fsp3) is 0.0714. The summed E-state index contributed by atoms with van der Waals surface area (Å²) in [6, 6.07) is 10.4. The predicted octanol–water partition coefficient (Wildman–Crippen LogP) is 3.55. The van der Waals surface area contributed by atoms with Gasteiger partial charge in [0.2, 0.25) is 11.7 Å². The Kier molecular flexibility index (Phi) is 5.05. The number of hydrogen-bond acceptors (Lipinski definition) is 4. The molecule has 0 aromatic heterocycles. The van der Waals surface area contributed by atoms with Gasteiger partial charge < -0.3 is 10.6 Å². The normalized spacial score (nSPS) is 10.1. The molecule has 2 aromatic carbocycles. The maximum Gasteiger partial charge on any atom is 0.306 e. The molecule has 0 aliphatic carbocycles. The lowest BCUT2D eigenvalue weighted by molar-refractivity contribution is -0.387. The van der Waals surface area contributed by atoms with Gasteiger partial charge in [-0.1, -0.05) is 12.1 Å². The predicted molar refractivity (Wildman–Crippen MR) is 84.3 cm³/mol. The highest BCUT2D eigenvalue weighted by Gasteiger charge is 2.14. The first-order valence-electron chi connectivity index (χ1n) is 6.19. The fourth-order valence-corrected chi connectivity index (χ4v) is 2.09. The molecule has 0 saturated heterocycles. The first-order chi connectivity index (χ1) is 10.5. The van der Waals surface area contributed by atoms with Crippen LogP contribution >= 0.6 is 15.9 Å². The molecule has 0 heterocycles. The molecule has 114 valence electrons. The van der Waals surface area contributed by atoms with Gasteiger partial charge in [0.15, 0.2) is 0 Å². The van der Waals surface area contributed by atoms with E-state index < -0.39 is 16.4 Å². The van der Waals surface area contributed by atoms with Crippen LogP contribution in [-0.4, -0.2) is 17.4 Å². The van der Waals surface area contributed by atoms with Gasteiger partial charge in [0, 0.05) is 16.2 Å². The minimum atomic E-state index is -0.923. The third-order valence-corrected chi connectivity index (χ3v) is 3.44. The average molecular weight is 368 g/mol. The van der Waals surface area contributed by atoms with Gasteiger partial charge >= 0.3 is 5.69 Å². The lowest BCUT2D eigenvalue weighted by atomic mass is 10.2. The Bertz CT molecular complexity index is 724. The molecule has 0 atom stereocenters. The summed E-state index contributed by atoms with van der Waals surface area (Å²) < 4.78 is 13.9. The number of nitrogens with one attached hydrogen (secondary N) is 2. The van der Waals surface area contributed by atoms with E-state index in [1.165, 1.54) is 6.07 Å². The molecule has 2 rings (SSSR count). The summed E-state index contributed by atoms with van der Waals surface area (Å²) in [6.07, 6.45) is 0. The Hall–Kier alpha value is -2.48. The maximum absolute atomic E-state index is 13.2. The molecule has 0 aliphatic heterocycles. The van der Waals surface area contributed by atoms with Crippen molar-refractivity contribution in [1.82, 2.24) is 0 Å². The third kappa shape index (κ3) is 4.01. The molecule has 0 radical (unpaired) electrons. The van der Waals surface area contributed by atoms with E-state index in [0.717, 1.165) is 16.6 Å². The summed E-state index contributed by atoms with van der Waals surface area (Å²) in [5.74, 6) is -1.26. The fourth-order valence-electron chi connectivity index (χ4n) is 1.70. The summed E-state index contributed by atoms with van der Waals surface area (Å²) in [5, 5.41) is 16.0. The van der Waals surface area contributed by atoms with Crippen molar-refractivity contribution < 1.29 is 14.1 Å². The summed E-state index contributed by atoms with van der Waals surface area (Å²) in [4.78, 5) is 21.6. The number of hydrogen-bond donors (Lipinski definition) is 2. The highest BCUT2D eigenvalue weighted by atomic mass is 79.9. The first kappa shape index (κ1) is 15.9. The summed E-state index contributed by atoms with van der Waals surface area (Å²) in [5.41, 5.74) is 0.256. The van der Waals surface area contributed by atoms with Gasteiger partial charge in [-0.2, -0.15) is 4.39 Å². The molecule has 6 nitrogen and oxygen atoms in total. The molecule has 2 N–H and O–H groups in total. The molecular weight excluding hydrogens is 357 g/mol. The van der Waals surface area contributed by atoms with E-state index in [1.54, 1.807) is 18.2 Å². The van der Waals surface area contributed by atoms with Crippen LogP contribution in [0.15, 0.2) is 46.9 Å². The van der Waals surface area contributed by atoms with Crippen LogP contribution in [0.4, 0.5) is 21.5 Å². The monoisotopic (exact) mass is 367 g/mol. The Morgan fingerprint density at radius 3 is 2.68 bits per heavy atom. The molecule has 22 heavy (non-hydrogen) atoms. The van der Waals surface area contributed by atoms with Crippen molar-refractivity contribution in [2.24, 2.45) is 0 Å². The second kappa shape index (κ2) is 6.99. The van der Waals surface area contributed by atoms with Crippen molar-refractivity contribution >= 4 is 38.9 Å². The number of carbonyl (C=O) groups is 1. The van der Waals surface area contributed by atoms with Crippen LogP contribution in [-0.2, 0) is 4.79 Å². The zero-order valence-electron chi connectivity index (χ0n) is 11.2. The highest BCUT2D eigenvalue weighted by molar-refractivity contribution is 9.10. The van der Waals surface area contributed by atoms with Crippen LogP contribution in [0.5, 0.6) is 0 Å². The number of anilines is 2. The Morgan fingerprint density at radius 1 is 1.27 bits per heavy atom. The topological polar surface area (TPSA) is 84.3 Å². The minimum absolute atomic E-state index is 0.107. The van der Waals surface area contributed by atoms with E-state index in [9.17, 15) is 19.3 Å². The second-order valence-corrected chi connectivity index (χ2v) is 5.16. The van der Waals surface area contributed by atoms with E-state index >= 15 is 0 Å². The quantitative estimate of drug-likeness (QED) is 0.625. The standard InChI is InChI=1S/C14H11BrFN3O3/c15-10-3-1-2-4-12(10)18-14(20)8-17-9-5-6-11(16)13(7-9)19(21)22/h1-7,17H,8H2,(H,18,20). The second-order valence-electron chi connectivity index (χ2n) is 4.30. The Labute approximate surface area is 133 Å². The summed E-state index contributed by atoms with van der Waals surface area (Å²) in [7, 11) is 0. The van der Waals surface area contributed by atoms with Gasteiger partial charge in [-0.3, -0.25) is 14.9 Å². The molecule has 0 bridgehead atoms. The molecule has 0 unspecified atom stereocenters. The number of halogens is 2. The molecule has 0 spiro atoms. The minimum Gasteiger partial charge on any atom is -0.376 e. The number of benzene rings is 2. The van der Waals surface area contributed by atoms with Crippen LogP contribution in [0.3, 0.4) is 0 Å². The third-order valence-electron chi connectivity index (χ3n) is 2.74.